The van der Waals surface area contributed by atoms with E-state index in [-0.39, 0.29) is 5.91 Å². The maximum Gasteiger partial charge on any atom is 0.227 e. The maximum absolute atomic E-state index is 12.2. The van der Waals surface area contributed by atoms with Gasteiger partial charge in [-0.1, -0.05) is 30.3 Å². The number of carbonyl (C=O) groups is 1. The van der Waals surface area contributed by atoms with Crippen LogP contribution in [0.2, 0.25) is 0 Å². The highest BCUT2D eigenvalue weighted by Crippen LogP contribution is 2.21. The Balaban J connectivity index is 1.34. The van der Waals surface area contributed by atoms with Crippen LogP contribution < -0.4 is 15.5 Å². The first-order chi connectivity index (χ1) is 15.2. The van der Waals surface area contributed by atoms with Gasteiger partial charge in [-0.2, -0.15) is 4.98 Å². The van der Waals surface area contributed by atoms with Gasteiger partial charge in [0.15, 0.2) is 0 Å². The molecule has 0 bridgehead atoms. The van der Waals surface area contributed by atoms with E-state index in [0.717, 1.165) is 48.0 Å². The highest BCUT2D eigenvalue weighted by atomic mass is 16.5. The molecule has 2 heterocycles. The lowest BCUT2D eigenvalue weighted by molar-refractivity contribution is -0.116. The van der Waals surface area contributed by atoms with E-state index in [1.807, 2.05) is 67.6 Å². The van der Waals surface area contributed by atoms with Gasteiger partial charge < -0.3 is 20.3 Å². The summed E-state index contributed by atoms with van der Waals surface area (Å²) in [5.41, 5.74) is 3.74. The number of ether oxygens (including phenoxy) is 1. The van der Waals surface area contributed by atoms with E-state index in [9.17, 15) is 4.79 Å². The van der Waals surface area contributed by atoms with Gasteiger partial charge in [0.1, 0.15) is 5.82 Å². The Kier molecular flexibility index (Phi) is 6.74. The van der Waals surface area contributed by atoms with Gasteiger partial charge in [0, 0.05) is 42.6 Å². The zero-order valence-electron chi connectivity index (χ0n) is 17.7. The number of hydrogen-bond donors (Lipinski definition) is 2. The second kappa shape index (κ2) is 10.0. The number of amides is 1. The smallest absolute Gasteiger partial charge is 0.227 e. The summed E-state index contributed by atoms with van der Waals surface area (Å²) in [5.74, 6) is 1.47. The van der Waals surface area contributed by atoms with Gasteiger partial charge in [0.2, 0.25) is 11.9 Å². The van der Waals surface area contributed by atoms with Crippen LogP contribution >= 0.6 is 0 Å². The van der Waals surface area contributed by atoms with Crippen molar-refractivity contribution in [2.45, 2.75) is 19.8 Å². The summed E-state index contributed by atoms with van der Waals surface area (Å²) in [6.07, 6.45) is 1.18. The molecule has 0 saturated carbocycles. The molecule has 2 N–H and O–H groups in total. The Morgan fingerprint density at radius 1 is 1.00 bits per heavy atom. The largest absolute Gasteiger partial charge is 0.378 e. The van der Waals surface area contributed by atoms with Gasteiger partial charge in [-0.15, -0.1) is 0 Å². The minimum absolute atomic E-state index is 0.00569. The maximum atomic E-state index is 12.2. The molecule has 3 aromatic rings. The number of aromatic nitrogens is 2. The molecule has 4 rings (SSSR count). The number of rotatable bonds is 7. The predicted molar refractivity (Wildman–Crippen MR) is 123 cm³/mol. The van der Waals surface area contributed by atoms with Gasteiger partial charge in [0.25, 0.3) is 0 Å². The molecule has 0 unspecified atom stereocenters. The molecule has 1 amide bonds. The summed E-state index contributed by atoms with van der Waals surface area (Å²) in [6, 6.07) is 19.6. The highest BCUT2D eigenvalue weighted by molar-refractivity contribution is 5.91. The van der Waals surface area contributed by atoms with E-state index in [1.54, 1.807) is 0 Å². The number of nitrogens with one attached hydrogen (secondary N) is 2. The summed E-state index contributed by atoms with van der Waals surface area (Å²) in [5, 5.41) is 6.28. The van der Waals surface area contributed by atoms with Gasteiger partial charge in [0.05, 0.1) is 13.2 Å². The first kappa shape index (κ1) is 20.8. The zero-order chi connectivity index (χ0) is 21.5. The SMILES string of the molecule is Cc1cc(Nc2ccc(NC(=O)CCc3ccccc3)cc2)nc(N2CCOCC2)n1. The summed E-state index contributed by atoms with van der Waals surface area (Å²) >= 11 is 0. The van der Waals surface area contributed by atoms with Gasteiger partial charge in [-0.3, -0.25) is 4.79 Å². The molecule has 1 fully saturated rings. The van der Waals surface area contributed by atoms with Crippen molar-refractivity contribution in [2.24, 2.45) is 0 Å². The Morgan fingerprint density at radius 3 is 2.45 bits per heavy atom. The molecule has 31 heavy (non-hydrogen) atoms. The van der Waals surface area contributed by atoms with Gasteiger partial charge in [-0.25, -0.2) is 4.98 Å². The normalized spacial score (nSPS) is 13.6. The van der Waals surface area contributed by atoms with Crippen molar-refractivity contribution < 1.29 is 9.53 Å². The van der Waals surface area contributed by atoms with E-state index >= 15 is 0 Å². The van der Waals surface area contributed by atoms with Crippen LogP contribution in [0.15, 0.2) is 60.7 Å². The van der Waals surface area contributed by atoms with E-state index in [0.29, 0.717) is 25.6 Å². The Labute approximate surface area is 182 Å². The first-order valence-electron chi connectivity index (χ1n) is 10.5. The second-order valence-electron chi connectivity index (χ2n) is 7.53. The van der Waals surface area contributed by atoms with E-state index in [4.69, 9.17) is 4.74 Å². The van der Waals surface area contributed by atoms with Crippen molar-refractivity contribution >= 4 is 29.0 Å². The van der Waals surface area contributed by atoms with Crippen molar-refractivity contribution in [2.75, 3.05) is 41.8 Å². The van der Waals surface area contributed by atoms with Gasteiger partial charge in [-0.05, 0) is 43.2 Å². The number of aryl methyl sites for hydroxylation is 2. The van der Waals surface area contributed by atoms with Crippen molar-refractivity contribution in [1.82, 2.24) is 9.97 Å². The zero-order valence-corrected chi connectivity index (χ0v) is 17.7. The average molecular weight is 418 g/mol. The van der Waals surface area contributed by atoms with Crippen LogP contribution in [0.3, 0.4) is 0 Å². The van der Waals surface area contributed by atoms with Crippen LogP contribution in [0.25, 0.3) is 0 Å². The molecule has 0 radical (unpaired) electrons. The Hall–Kier alpha value is -3.45. The number of carbonyl (C=O) groups excluding carboxylic acids is 1. The number of anilines is 4. The van der Waals surface area contributed by atoms with Crippen LogP contribution in [0.4, 0.5) is 23.1 Å². The molecule has 160 valence electrons. The minimum Gasteiger partial charge on any atom is -0.378 e. The molecule has 0 atom stereocenters. The lowest BCUT2D eigenvalue weighted by atomic mass is 10.1. The second-order valence-corrected chi connectivity index (χ2v) is 7.53. The van der Waals surface area contributed by atoms with Crippen LogP contribution in [0, 0.1) is 6.92 Å². The van der Waals surface area contributed by atoms with Crippen molar-refractivity contribution in [3.8, 4) is 0 Å². The monoisotopic (exact) mass is 417 g/mol. The van der Waals surface area contributed by atoms with Crippen LogP contribution in [-0.2, 0) is 16.0 Å². The minimum atomic E-state index is 0.00569. The van der Waals surface area contributed by atoms with Crippen molar-refractivity contribution in [3.05, 3.63) is 71.9 Å². The van der Waals surface area contributed by atoms with Crippen LogP contribution in [0.1, 0.15) is 17.7 Å². The summed E-state index contributed by atoms with van der Waals surface area (Å²) in [6.45, 7) is 4.94. The molecule has 0 aliphatic carbocycles. The fraction of sp³-hybridized carbons (Fsp3) is 0.292. The highest BCUT2D eigenvalue weighted by Gasteiger charge is 2.15. The summed E-state index contributed by atoms with van der Waals surface area (Å²) in [7, 11) is 0. The standard InChI is InChI=1S/C24H27N5O2/c1-18-17-22(28-24(25-18)29-13-15-31-16-14-29)26-20-8-10-21(11-9-20)27-23(30)12-7-19-5-3-2-4-6-19/h2-6,8-11,17H,7,12-16H2,1H3,(H,27,30)(H,25,26,28). The third-order valence-corrected chi connectivity index (χ3v) is 5.06. The molecule has 1 aromatic heterocycles. The molecule has 1 aliphatic heterocycles. The molecule has 0 spiro atoms. The third-order valence-electron chi connectivity index (χ3n) is 5.06. The fourth-order valence-corrected chi connectivity index (χ4v) is 3.43. The number of morpholine rings is 1. The topological polar surface area (TPSA) is 79.4 Å². The lowest BCUT2D eigenvalue weighted by Gasteiger charge is -2.27. The van der Waals surface area contributed by atoms with E-state index in [1.165, 1.54) is 0 Å². The molecule has 7 nitrogen and oxygen atoms in total. The summed E-state index contributed by atoms with van der Waals surface area (Å²) < 4.78 is 5.41. The number of hydrogen-bond acceptors (Lipinski definition) is 6. The van der Waals surface area contributed by atoms with E-state index < -0.39 is 0 Å². The number of benzene rings is 2. The van der Waals surface area contributed by atoms with Gasteiger partial charge >= 0.3 is 0 Å². The van der Waals surface area contributed by atoms with Crippen LogP contribution in [0.5, 0.6) is 0 Å². The molecule has 1 aliphatic rings. The Bertz CT molecular complexity index is 1000. The van der Waals surface area contributed by atoms with E-state index in [2.05, 4.69) is 25.5 Å². The van der Waals surface area contributed by atoms with Crippen molar-refractivity contribution in [1.29, 1.82) is 0 Å². The van der Waals surface area contributed by atoms with Crippen LogP contribution in [-0.4, -0.2) is 42.2 Å². The summed E-state index contributed by atoms with van der Waals surface area (Å²) in [4.78, 5) is 23.6. The predicted octanol–water partition coefficient (Wildman–Crippen LogP) is 3.94. The molecule has 1 saturated heterocycles. The molecule has 7 heteroatoms. The molecule has 2 aromatic carbocycles. The quantitative estimate of drug-likeness (QED) is 0.606. The Morgan fingerprint density at radius 2 is 1.71 bits per heavy atom. The molecular weight excluding hydrogens is 390 g/mol. The first-order valence-corrected chi connectivity index (χ1v) is 10.5. The lowest BCUT2D eigenvalue weighted by Crippen LogP contribution is -2.37. The molecular formula is C24H27N5O2. The fourth-order valence-electron chi connectivity index (χ4n) is 3.43. The average Bonchev–Trinajstić information content (AvgIpc) is 2.80. The van der Waals surface area contributed by atoms with Crippen molar-refractivity contribution in [3.63, 3.8) is 0 Å². The third kappa shape index (κ3) is 6.02. The number of nitrogens with zero attached hydrogens (tertiary/aromatic N) is 3.